The number of benzene rings is 2. The molecule has 156 valence electrons. The topological polar surface area (TPSA) is 94.2 Å². The predicted octanol–water partition coefficient (Wildman–Crippen LogP) is 3.45. The average Bonchev–Trinajstić information content (AvgIpc) is 3.00. The van der Waals surface area contributed by atoms with Gasteiger partial charge in [0.1, 0.15) is 5.75 Å². The number of rotatable bonds is 8. The van der Waals surface area contributed by atoms with Gasteiger partial charge in [-0.15, -0.1) is 0 Å². The zero-order valence-electron chi connectivity index (χ0n) is 16.2. The lowest BCUT2D eigenvalue weighted by atomic mass is 10.2. The number of carbonyl (C=O) groups excluding carboxylic acids is 2. The molecule has 0 aliphatic carbocycles. The van der Waals surface area contributed by atoms with E-state index in [1.165, 1.54) is 11.8 Å². The second kappa shape index (κ2) is 10.3. The molecule has 0 bridgehead atoms. The summed E-state index contributed by atoms with van der Waals surface area (Å²) in [5, 5.41) is 0.900. The summed E-state index contributed by atoms with van der Waals surface area (Å²) < 4.78 is 10.4. The van der Waals surface area contributed by atoms with Crippen molar-refractivity contribution in [3.63, 3.8) is 0 Å². The summed E-state index contributed by atoms with van der Waals surface area (Å²) >= 11 is 7.51. The summed E-state index contributed by atoms with van der Waals surface area (Å²) in [7, 11) is 1.59. The summed E-state index contributed by atoms with van der Waals surface area (Å²) in [4.78, 5) is 30.5. The van der Waals surface area contributed by atoms with Gasteiger partial charge in [0.2, 0.25) is 0 Å². The van der Waals surface area contributed by atoms with E-state index in [-0.39, 0.29) is 12.5 Å². The minimum atomic E-state index is -0.591. The van der Waals surface area contributed by atoms with Crippen LogP contribution in [-0.2, 0) is 14.3 Å². The second-order valence-corrected chi connectivity index (χ2v) is 7.65. The van der Waals surface area contributed by atoms with Crippen molar-refractivity contribution in [2.75, 3.05) is 26.9 Å². The van der Waals surface area contributed by atoms with E-state index >= 15 is 0 Å². The van der Waals surface area contributed by atoms with Crippen LogP contribution in [-0.4, -0.2) is 48.8 Å². The molecule has 1 saturated heterocycles. The van der Waals surface area contributed by atoms with Crippen LogP contribution in [0.3, 0.4) is 0 Å². The van der Waals surface area contributed by atoms with Gasteiger partial charge in [-0.25, -0.2) is 4.99 Å². The summed E-state index contributed by atoms with van der Waals surface area (Å²) in [6, 6.07) is 14.5. The van der Waals surface area contributed by atoms with E-state index < -0.39 is 5.91 Å². The number of para-hydroxylation sites is 1. The van der Waals surface area contributed by atoms with Crippen LogP contribution in [0.25, 0.3) is 6.08 Å². The smallest absolute Gasteiger partial charge is 0.266 e. The first-order valence-electron chi connectivity index (χ1n) is 9.02. The Kier molecular flexibility index (Phi) is 7.51. The maximum Gasteiger partial charge on any atom is 0.266 e. The largest absolute Gasteiger partial charge is 0.482 e. The van der Waals surface area contributed by atoms with Gasteiger partial charge in [-0.3, -0.25) is 14.5 Å². The third kappa shape index (κ3) is 5.63. The number of methoxy groups -OCH3 is 1. The first-order valence-corrected chi connectivity index (χ1v) is 10.2. The molecule has 0 saturated carbocycles. The number of amidine groups is 1. The molecule has 3 rings (SSSR count). The Balaban J connectivity index is 1.85. The Morgan fingerprint density at radius 3 is 2.70 bits per heavy atom. The Morgan fingerprint density at radius 1 is 1.27 bits per heavy atom. The maximum absolute atomic E-state index is 12.9. The first kappa shape index (κ1) is 21.9. The standard InChI is InChI=1S/C21H20ClN3O4S/c1-28-10-9-25-20(27)18(30-21(25)24-15-5-3-2-4-6-15)12-14-7-8-17(16(22)11-14)29-13-19(23)26/h2-8,11-12H,9-10,13H2,1H3,(H2,23,26). The molecule has 1 heterocycles. The third-order valence-electron chi connectivity index (χ3n) is 4.01. The zero-order chi connectivity index (χ0) is 21.5. The van der Waals surface area contributed by atoms with Crippen molar-refractivity contribution in [2.45, 2.75) is 0 Å². The van der Waals surface area contributed by atoms with Gasteiger partial charge in [0.25, 0.3) is 11.8 Å². The Labute approximate surface area is 183 Å². The van der Waals surface area contributed by atoms with Crippen LogP contribution in [0.2, 0.25) is 5.02 Å². The fourth-order valence-electron chi connectivity index (χ4n) is 2.61. The number of aliphatic imine (C=N–C) groups is 1. The minimum absolute atomic E-state index is 0.156. The van der Waals surface area contributed by atoms with Gasteiger partial charge in [0, 0.05) is 7.11 Å². The molecule has 1 aliphatic rings. The van der Waals surface area contributed by atoms with Crippen molar-refractivity contribution in [3.05, 3.63) is 64.0 Å². The summed E-state index contributed by atoms with van der Waals surface area (Å²) in [6.45, 7) is 0.527. The predicted molar refractivity (Wildman–Crippen MR) is 119 cm³/mol. The molecule has 2 N–H and O–H groups in total. The van der Waals surface area contributed by atoms with E-state index in [1.807, 2.05) is 30.3 Å². The van der Waals surface area contributed by atoms with Crippen molar-refractivity contribution in [1.82, 2.24) is 4.90 Å². The van der Waals surface area contributed by atoms with E-state index in [0.717, 1.165) is 11.3 Å². The number of ether oxygens (including phenoxy) is 2. The van der Waals surface area contributed by atoms with Crippen LogP contribution < -0.4 is 10.5 Å². The Hall–Kier alpha value is -2.81. The number of amides is 2. The van der Waals surface area contributed by atoms with Crippen molar-refractivity contribution in [2.24, 2.45) is 10.7 Å². The summed E-state index contributed by atoms with van der Waals surface area (Å²) in [5.74, 6) is -0.403. The molecule has 2 amide bonds. The van der Waals surface area contributed by atoms with Gasteiger partial charge in [-0.05, 0) is 47.7 Å². The monoisotopic (exact) mass is 445 g/mol. The van der Waals surface area contributed by atoms with Crippen LogP contribution in [0.4, 0.5) is 5.69 Å². The summed E-state index contributed by atoms with van der Waals surface area (Å²) in [6.07, 6.45) is 1.74. The van der Waals surface area contributed by atoms with Gasteiger partial charge in [-0.1, -0.05) is 35.9 Å². The van der Waals surface area contributed by atoms with E-state index in [2.05, 4.69) is 4.99 Å². The van der Waals surface area contributed by atoms with Gasteiger partial charge >= 0.3 is 0 Å². The number of nitrogens with zero attached hydrogens (tertiary/aromatic N) is 2. The molecule has 0 aromatic heterocycles. The molecule has 2 aromatic rings. The highest BCUT2D eigenvalue weighted by Crippen LogP contribution is 2.35. The average molecular weight is 446 g/mol. The molecular weight excluding hydrogens is 426 g/mol. The van der Waals surface area contributed by atoms with Crippen molar-refractivity contribution in [3.8, 4) is 5.75 Å². The van der Waals surface area contributed by atoms with Gasteiger partial charge < -0.3 is 15.2 Å². The molecule has 0 radical (unpaired) electrons. The normalized spacial score (nSPS) is 16.5. The third-order valence-corrected chi connectivity index (χ3v) is 5.31. The SMILES string of the molecule is COCCN1C(=O)C(=Cc2ccc(OCC(N)=O)c(Cl)c2)SC1=Nc1ccccc1. The highest BCUT2D eigenvalue weighted by molar-refractivity contribution is 8.18. The number of halogens is 1. The highest BCUT2D eigenvalue weighted by atomic mass is 35.5. The number of primary amides is 1. The number of carbonyl (C=O) groups is 2. The van der Waals surface area contributed by atoms with Crippen LogP contribution in [0, 0.1) is 0 Å². The molecule has 7 nitrogen and oxygen atoms in total. The lowest BCUT2D eigenvalue weighted by Crippen LogP contribution is -2.32. The Bertz CT molecular complexity index is 995. The van der Waals surface area contributed by atoms with Gasteiger partial charge in [-0.2, -0.15) is 0 Å². The van der Waals surface area contributed by atoms with Gasteiger partial charge in [0.05, 0.1) is 28.8 Å². The van der Waals surface area contributed by atoms with Gasteiger partial charge in [0.15, 0.2) is 11.8 Å². The lowest BCUT2D eigenvalue weighted by Gasteiger charge is -2.14. The van der Waals surface area contributed by atoms with E-state index in [4.69, 9.17) is 26.8 Å². The minimum Gasteiger partial charge on any atom is -0.482 e. The number of thioether (sulfide) groups is 1. The molecule has 9 heteroatoms. The summed E-state index contributed by atoms with van der Waals surface area (Å²) in [5.41, 5.74) is 6.56. The van der Waals surface area contributed by atoms with E-state index in [1.54, 1.807) is 36.3 Å². The second-order valence-electron chi connectivity index (χ2n) is 6.24. The molecule has 0 atom stereocenters. The molecular formula is C21H20ClN3O4S. The van der Waals surface area contributed by atoms with Crippen LogP contribution in [0.1, 0.15) is 5.56 Å². The van der Waals surface area contributed by atoms with E-state index in [0.29, 0.717) is 34.0 Å². The highest BCUT2D eigenvalue weighted by Gasteiger charge is 2.33. The van der Waals surface area contributed by atoms with Crippen molar-refractivity contribution < 1.29 is 19.1 Å². The molecule has 1 aliphatic heterocycles. The molecule has 2 aromatic carbocycles. The molecule has 0 spiro atoms. The molecule has 1 fully saturated rings. The Morgan fingerprint density at radius 2 is 2.03 bits per heavy atom. The maximum atomic E-state index is 12.9. The lowest BCUT2D eigenvalue weighted by molar-refractivity contribution is -0.122. The number of hydrogen-bond donors (Lipinski definition) is 1. The van der Waals surface area contributed by atoms with Crippen molar-refractivity contribution >= 4 is 52.1 Å². The molecule has 0 unspecified atom stereocenters. The van der Waals surface area contributed by atoms with Crippen LogP contribution in [0.5, 0.6) is 5.75 Å². The number of nitrogens with two attached hydrogens (primary N) is 1. The molecule has 30 heavy (non-hydrogen) atoms. The quantitative estimate of drug-likeness (QED) is 0.628. The fourth-order valence-corrected chi connectivity index (χ4v) is 3.88. The van der Waals surface area contributed by atoms with E-state index in [9.17, 15) is 9.59 Å². The van der Waals surface area contributed by atoms with Crippen LogP contribution >= 0.6 is 23.4 Å². The number of hydrogen-bond acceptors (Lipinski definition) is 6. The first-order chi connectivity index (χ1) is 14.5. The fraction of sp³-hybridized carbons (Fsp3) is 0.190. The van der Waals surface area contributed by atoms with Crippen LogP contribution in [0.15, 0.2) is 58.4 Å². The van der Waals surface area contributed by atoms with Crippen molar-refractivity contribution in [1.29, 1.82) is 0 Å². The zero-order valence-corrected chi connectivity index (χ0v) is 17.8.